The summed E-state index contributed by atoms with van der Waals surface area (Å²) in [4.78, 5) is 0. The molecule has 0 aliphatic heterocycles. The van der Waals surface area contributed by atoms with Gasteiger partial charge in [0, 0.05) is 0 Å². The first-order valence-electron chi connectivity index (χ1n) is 9.21. The topological polar surface area (TPSA) is 9.23 Å². The summed E-state index contributed by atoms with van der Waals surface area (Å²) in [5.41, 5.74) is 4.10. The van der Waals surface area contributed by atoms with E-state index in [-0.39, 0.29) is 0 Å². The molecule has 1 heteroatoms. The minimum absolute atomic E-state index is 0.750. The van der Waals surface area contributed by atoms with Crippen LogP contribution in [0.15, 0.2) is 60.2 Å². The van der Waals surface area contributed by atoms with Crippen LogP contribution in [0.3, 0.4) is 0 Å². The van der Waals surface area contributed by atoms with Crippen molar-refractivity contribution in [3.8, 4) is 11.5 Å². The van der Waals surface area contributed by atoms with Crippen molar-refractivity contribution in [3.05, 3.63) is 71.3 Å². The molecule has 1 fully saturated rings. The highest BCUT2D eigenvalue weighted by molar-refractivity contribution is 5.36. The largest absolute Gasteiger partial charge is 0.457 e. The fraction of sp³-hybridized carbons (Fsp3) is 0.391. The van der Waals surface area contributed by atoms with Gasteiger partial charge in [0.15, 0.2) is 0 Å². The molecule has 2 aromatic carbocycles. The van der Waals surface area contributed by atoms with Gasteiger partial charge in [0.2, 0.25) is 0 Å². The lowest BCUT2D eigenvalue weighted by Gasteiger charge is -2.22. The van der Waals surface area contributed by atoms with E-state index in [0.29, 0.717) is 0 Å². The second-order valence-corrected chi connectivity index (χ2v) is 7.14. The minimum atomic E-state index is 0.750. The Labute approximate surface area is 146 Å². The van der Waals surface area contributed by atoms with E-state index >= 15 is 0 Å². The summed E-state index contributed by atoms with van der Waals surface area (Å²) in [6.45, 7) is 4.27. The molecule has 24 heavy (non-hydrogen) atoms. The van der Waals surface area contributed by atoms with Crippen molar-refractivity contribution in [3.63, 3.8) is 0 Å². The highest BCUT2D eigenvalue weighted by Gasteiger charge is 2.15. The van der Waals surface area contributed by atoms with Gasteiger partial charge in [0.05, 0.1) is 0 Å². The van der Waals surface area contributed by atoms with Crippen LogP contribution in [0.25, 0.3) is 0 Å². The van der Waals surface area contributed by atoms with Gasteiger partial charge in [-0.1, -0.05) is 55.2 Å². The van der Waals surface area contributed by atoms with E-state index in [1.165, 1.54) is 48.8 Å². The van der Waals surface area contributed by atoms with E-state index < -0.39 is 0 Å². The Kier molecular flexibility index (Phi) is 5.74. The quantitative estimate of drug-likeness (QED) is 0.537. The van der Waals surface area contributed by atoms with Crippen LogP contribution >= 0.6 is 0 Å². The lowest BCUT2D eigenvalue weighted by atomic mass is 9.84. The van der Waals surface area contributed by atoms with Gasteiger partial charge >= 0.3 is 0 Å². The van der Waals surface area contributed by atoms with Gasteiger partial charge in [-0.15, -0.1) is 0 Å². The predicted octanol–water partition coefficient (Wildman–Crippen LogP) is 7.04. The SMILES string of the molecule is CC(C)=CCc1cccc(Oc2ccc(C3CCCCC3)cc2)c1. The van der Waals surface area contributed by atoms with E-state index in [9.17, 15) is 0 Å². The smallest absolute Gasteiger partial charge is 0.127 e. The zero-order valence-electron chi connectivity index (χ0n) is 14.9. The van der Waals surface area contributed by atoms with E-state index in [0.717, 1.165) is 23.8 Å². The predicted molar refractivity (Wildman–Crippen MR) is 102 cm³/mol. The van der Waals surface area contributed by atoms with Crippen LogP contribution in [0.2, 0.25) is 0 Å². The molecule has 0 amide bonds. The maximum Gasteiger partial charge on any atom is 0.127 e. The molecule has 0 saturated heterocycles. The van der Waals surface area contributed by atoms with Gasteiger partial charge in [-0.2, -0.15) is 0 Å². The lowest BCUT2D eigenvalue weighted by molar-refractivity contribution is 0.442. The third kappa shape index (κ3) is 4.74. The van der Waals surface area contributed by atoms with Gasteiger partial charge in [0.25, 0.3) is 0 Å². The molecule has 126 valence electrons. The fourth-order valence-electron chi connectivity index (χ4n) is 3.44. The molecule has 3 rings (SSSR count). The summed E-state index contributed by atoms with van der Waals surface area (Å²) in [6, 6.07) is 17.1. The van der Waals surface area contributed by atoms with Crippen molar-refractivity contribution in [1.29, 1.82) is 0 Å². The lowest BCUT2D eigenvalue weighted by Crippen LogP contribution is -2.04. The van der Waals surface area contributed by atoms with Crippen molar-refractivity contribution in [1.82, 2.24) is 0 Å². The Morgan fingerprint density at radius 3 is 2.42 bits per heavy atom. The molecule has 0 atom stereocenters. The summed E-state index contributed by atoms with van der Waals surface area (Å²) >= 11 is 0. The standard InChI is InChI=1S/C23H28O/c1-18(2)11-12-19-7-6-10-23(17-19)24-22-15-13-21(14-16-22)20-8-4-3-5-9-20/h6-7,10-11,13-17,20H,3-5,8-9,12H2,1-2H3. The molecule has 2 aromatic rings. The summed E-state index contributed by atoms with van der Waals surface area (Å²) < 4.78 is 6.05. The van der Waals surface area contributed by atoms with Crippen LogP contribution in [0, 0.1) is 0 Å². The molecule has 1 saturated carbocycles. The Bertz CT molecular complexity index is 671. The highest BCUT2D eigenvalue weighted by atomic mass is 16.5. The third-order valence-corrected chi connectivity index (χ3v) is 4.84. The van der Waals surface area contributed by atoms with Crippen molar-refractivity contribution < 1.29 is 4.74 Å². The molecular weight excluding hydrogens is 292 g/mol. The Hall–Kier alpha value is -2.02. The highest BCUT2D eigenvalue weighted by Crippen LogP contribution is 2.33. The zero-order chi connectivity index (χ0) is 16.8. The first-order chi connectivity index (χ1) is 11.7. The van der Waals surface area contributed by atoms with Crippen LogP contribution in [-0.4, -0.2) is 0 Å². The van der Waals surface area contributed by atoms with E-state index in [1.54, 1.807) is 0 Å². The minimum Gasteiger partial charge on any atom is -0.457 e. The molecule has 0 heterocycles. The van der Waals surface area contributed by atoms with Gasteiger partial charge < -0.3 is 4.74 Å². The van der Waals surface area contributed by atoms with Gasteiger partial charge in [0.1, 0.15) is 11.5 Å². The van der Waals surface area contributed by atoms with E-state index in [1.807, 2.05) is 6.07 Å². The molecule has 0 aromatic heterocycles. The summed E-state index contributed by atoms with van der Waals surface area (Å²) in [5, 5.41) is 0. The Balaban J connectivity index is 1.65. The number of ether oxygens (including phenoxy) is 1. The molecule has 0 bridgehead atoms. The third-order valence-electron chi connectivity index (χ3n) is 4.84. The van der Waals surface area contributed by atoms with Crippen LogP contribution in [0.4, 0.5) is 0 Å². The van der Waals surface area contributed by atoms with Crippen LogP contribution in [-0.2, 0) is 6.42 Å². The fourth-order valence-corrected chi connectivity index (χ4v) is 3.44. The first-order valence-corrected chi connectivity index (χ1v) is 9.21. The second-order valence-electron chi connectivity index (χ2n) is 7.14. The summed E-state index contributed by atoms with van der Waals surface area (Å²) in [6.07, 6.45) is 10.0. The first kappa shape index (κ1) is 16.8. The number of benzene rings is 2. The van der Waals surface area contributed by atoms with Crippen molar-refractivity contribution in [2.24, 2.45) is 0 Å². The molecule has 1 aliphatic rings. The summed E-state index contributed by atoms with van der Waals surface area (Å²) in [7, 11) is 0. The molecule has 1 aliphatic carbocycles. The maximum absolute atomic E-state index is 6.05. The number of hydrogen-bond donors (Lipinski definition) is 0. The number of rotatable bonds is 5. The average molecular weight is 320 g/mol. The molecule has 0 unspecified atom stereocenters. The second kappa shape index (κ2) is 8.19. The summed E-state index contributed by atoms with van der Waals surface area (Å²) in [5.74, 6) is 2.59. The normalized spacial score (nSPS) is 15.1. The average Bonchev–Trinajstić information content (AvgIpc) is 2.62. The van der Waals surface area contributed by atoms with Crippen LogP contribution in [0.5, 0.6) is 11.5 Å². The van der Waals surface area contributed by atoms with Crippen LogP contribution < -0.4 is 4.74 Å². The van der Waals surface area contributed by atoms with Crippen molar-refractivity contribution in [2.45, 2.75) is 58.3 Å². The van der Waals surface area contributed by atoms with Gasteiger partial charge in [-0.25, -0.2) is 0 Å². The molecular formula is C23H28O. The monoisotopic (exact) mass is 320 g/mol. The van der Waals surface area contributed by atoms with Crippen molar-refractivity contribution >= 4 is 0 Å². The molecule has 0 radical (unpaired) electrons. The molecule has 0 N–H and O–H groups in total. The molecule has 0 spiro atoms. The van der Waals surface area contributed by atoms with Gasteiger partial charge in [-0.3, -0.25) is 0 Å². The van der Waals surface area contributed by atoms with Gasteiger partial charge in [-0.05, 0) is 74.4 Å². The van der Waals surface area contributed by atoms with E-state index in [4.69, 9.17) is 4.74 Å². The molecule has 1 nitrogen and oxygen atoms in total. The maximum atomic E-state index is 6.05. The van der Waals surface area contributed by atoms with Crippen LogP contribution in [0.1, 0.15) is 63.0 Å². The number of hydrogen-bond acceptors (Lipinski definition) is 1. The zero-order valence-corrected chi connectivity index (χ0v) is 14.9. The Morgan fingerprint density at radius 2 is 1.71 bits per heavy atom. The number of allylic oxidation sites excluding steroid dienone is 2. The Morgan fingerprint density at radius 1 is 0.958 bits per heavy atom. The van der Waals surface area contributed by atoms with E-state index in [2.05, 4.69) is 62.4 Å². The van der Waals surface area contributed by atoms with Crippen molar-refractivity contribution in [2.75, 3.05) is 0 Å².